The summed E-state index contributed by atoms with van der Waals surface area (Å²) < 4.78 is 1.91. The highest BCUT2D eigenvalue weighted by Gasteiger charge is 2.07. The summed E-state index contributed by atoms with van der Waals surface area (Å²) >= 11 is 0. The van der Waals surface area contributed by atoms with Crippen LogP contribution in [0, 0.1) is 18.3 Å². The van der Waals surface area contributed by atoms with Gasteiger partial charge in [-0.3, -0.25) is 4.98 Å². The summed E-state index contributed by atoms with van der Waals surface area (Å²) in [5.74, 6) is 0. The Kier molecular flexibility index (Phi) is 2.22. The molecule has 4 nitrogen and oxygen atoms in total. The molecular formula is C11H10N4. The lowest BCUT2D eigenvalue weighted by molar-refractivity contribution is 0.918. The third-order valence-corrected chi connectivity index (χ3v) is 2.31. The lowest BCUT2D eigenvalue weighted by Crippen LogP contribution is -1.94. The summed E-state index contributed by atoms with van der Waals surface area (Å²) in [5, 5.41) is 8.81. The van der Waals surface area contributed by atoms with Crippen molar-refractivity contribution in [2.45, 2.75) is 6.92 Å². The van der Waals surface area contributed by atoms with E-state index in [1.807, 2.05) is 24.6 Å². The summed E-state index contributed by atoms with van der Waals surface area (Å²) in [6.07, 6.45) is 5.08. The van der Waals surface area contributed by atoms with Crippen LogP contribution in [0.3, 0.4) is 0 Å². The van der Waals surface area contributed by atoms with Gasteiger partial charge in [-0.25, -0.2) is 4.98 Å². The van der Waals surface area contributed by atoms with Crippen LogP contribution in [0.1, 0.15) is 11.3 Å². The van der Waals surface area contributed by atoms with Crippen LogP contribution in [-0.2, 0) is 7.05 Å². The van der Waals surface area contributed by atoms with Crippen molar-refractivity contribution in [1.29, 1.82) is 5.26 Å². The normalized spacial score (nSPS) is 9.93. The summed E-state index contributed by atoms with van der Waals surface area (Å²) in [7, 11) is 1.92. The Labute approximate surface area is 87.8 Å². The van der Waals surface area contributed by atoms with Gasteiger partial charge in [0.1, 0.15) is 6.07 Å². The standard InChI is InChI=1S/C11H10N4/c1-8-10(3-9(4-12)5-14-8)11-6-13-7-15(11)2/h3,5-7H,1-2H3. The van der Waals surface area contributed by atoms with Crippen LogP contribution in [0.15, 0.2) is 24.8 Å². The largest absolute Gasteiger partial charge is 0.334 e. The number of aryl methyl sites for hydroxylation is 2. The van der Waals surface area contributed by atoms with Crippen LogP contribution >= 0.6 is 0 Å². The highest BCUT2D eigenvalue weighted by Crippen LogP contribution is 2.21. The predicted molar refractivity (Wildman–Crippen MR) is 55.9 cm³/mol. The number of rotatable bonds is 1. The molecule has 2 rings (SSSR count). The molecule has 0 spiro atoms. The van der Waals surface area contributed by atoms with E-state index in [1.54, 1.807) is 18.7 Å². The third kappa shape index (κ3) is 1.59. The second-order valence-corrected chi connectivity index (χ2v) is 3.36. The first-order chi connectivity index (χ1) is 7.22. The number of pyridine rings is 1. The van der Waals surface area contributed by atoms with E-state index in [2.05, 4.69) is 16.0 Å². The molecule has 0 fully saturated rings. The Balaban J connectivity index is 2.63. The molecule has 2 heterocycles. The van der Waals surface area contributed by atoms with E-state index in [0.717, 1.165) is 17.0 Å². The fourth-order valence-electron chi connectivity index (χ4n) is 1.47. The van der Waals surface area contributed by atoms with E-state index in [9.17, 15) is 0 Å². The van der Waals surface area contributed by atoms with Crippen molar-refractivity contribution in [2.75, 3.05) is 0 Å². The zero-order chi connectivity index (χ0) is 10.8. The number of imidazole rings is 1. The van der Waals surface area contributed by atoms with Crippen LogP contribution < -0.4 is 0 Å². The van der Waals surface area contributed by atoms with Gasteiger partial charge in [0.15, 0.2) is 0 Å². The number of hydrogen-bond donors (Lipinski definition) is 0. The van der Waals surface area contributed by atoms with E-state index < -0.39 is 0 Å². The second kappa shape index (κ2) is 3.54. The molecule has 0 unspecified atom stereocenters. The van der Waals surface area contributed by atoms with Crippen LogP contribution in [0.2, 0.25) is 0 Å². The average molecular weight is 198 g/mol. The number of hydrogen-bond acceptors (Lipinski definition) is 3. The molecule has 0 aliphatic rings. The first-order valence-corrected chi connectivity index (χ1v) is 4.56. The van der Waals surface area contributed by atoms with Gasteiger partial charge in [-0.1, -0.05) is 0 Å². The number of aromatic nitrogens is 3. The predicted octanol–water partition coefficient (Wildman–Crippen LogP) is 1.66. The van der Waals surface area contributed by atoms with E-state index >= 15 is 0 Å². The maximum atomic E-state index is 8.81. The monoisotopic (exact) mass is 198 g/mol. The summed E-state index contributed by atoms with van der Waals surface area (Å²) in [6, 6.07) is 3.92. The van der Waals surface area contributed by atoms with Crippen LogP contribution in [-0.4, -0.2) is 14.5 Å². The van der Waals surface area contributed by atoms with Gasteiger partial charge in [0.05, 0.1) is 23.8 Å². The summed E-state index contributed by atoms with van der Waals surface area (Å²) in [4.78, 5) is 8.23. The Morgan fingerprint density at radius 2 is 2.20 bits per heavy atom. The van der Waals surface area contributed by atoms with Crippen molar-refractivity contribution in [1.82, 2.24) is 14.5 Å². The topological polar surface area (TPSA) is 54.5 Å². The molecule has 0 N–H and O–H groups in total. The van der Waals surface area contributed by atoms with Gasteiger partial charge >= 0.3 is 0 Å². The lowest BCUT2D eigenvalue weighted by atomic mass is 10.1. The first-order valence-electron chi connectivity index (χ1n) is 4.56. The van der Waals surface area contributed by atoms with Gasteiger partial charge in [0, 0.05) is 24.5 Å². The summed E-state index contributed by atoms with van der Waals surface area (Å²) in [6.45, 7) is 1.92. The van der Waals surface area contributed by atoms with Crippen molar-refractivity contribution >= 4 is 0 Å². The molecule has 0 amide bonds. The third-order valence-electron chi connectivity index (χ3n) is 2.31. The van der Waals surface area contributed by atoms with Crippen molar-refractivity contribution in [2.24, 2.45) is 7.05 Å². The average Bonchev–Trinajstić information content (AvgIpc) is 2.65. The Hall–Kier alpha value is -2.15. The molecule has 4 heteroatoms. The van der Waals surface area contributed by atoms with Gasteiger partial charge < -0.3 is 4.57 Å². The zero-order valence-electron chi connectivity index (χ0n) is 8.60. The lowest BCUT2D eigenvalue weighted by Gasteiger charge is -2.05. The van der Waals surface area contributed by atoms with Crippen molar-refractivity contribution < 1.29 is 0 Å². The maximum absolute atomic E-state index is 8.81. The molecule has 0 aliphatic carbocycles. The van der Waals surface area contributed by atoms with Crippen LogP contribution in [0.4, 0.5) is 0 Å². The molecule has 0 radical (unpaired) electrons. The van der Waals surface area contributed by atoms with E-state index in [0.29, 0.717) is 5.56 Å². The molecular weight excluding hydrogens is 188 g/mol. The SMILES string of the molecule is Cc1ncc(C#N)cc1-c1cncn1C. The second-order valence-electron chi connectivity index (χ2n) is 3.36. The fraction of sp³-hybridized carbons (Fsp3) is 0.182. The highest BCUT2D eigenvalue weighted by atomic mass is 15.0. The molecule has 2 aromatic rings. The minimum atomic E-state index is 0.566. The molecule has 0 atom stereocenters. The minimum absolute atomic E-state index is 0.566. The molecule has 0 saturated carbocycles. The van der Waals surface area contributed by atoms with E-state index in [1.165, 1.54) is 0 Å². The van der Waals surface area contributed by atoms with Gasteiger partial charge in [0.2, 0.25) is 0 Å². The quantitative estimate of drug-likeness (QED) is 0.700. The molecule has 15 heavy (non-hydrogen) atoms. The molecule has 0 saturated heterocycles. The Morgan fingerprint density at radius 1 is 1.40 bits per heavy atom. The zero-order valence-corrected chi connectivity index (χ0v) is 8.60. The Bertz CT molecular complexity index is 534. The minimum Gasteiger partial charge on any atom is -0.334 e. The van der Waals surface area contributed by atoms with Crippen LogP contribution in [0.25, 0.3) is 11.3 Å². The number of nitrogens with zero attached hydrogens (tertiary/aromatic N) is 4. The van der Waals surface area contributed by atoms with Gasteiger partial charge in [-0.2, -0.15) is 5.26 Å². The molecule has 0 bridgehead atoms. The highest BCUT2D eigenvalue weighted by molar-refractivity contribution is 5.63. The van der Waals surface area contributed by atoms with Gasteiger partial charge in [0.25, 0.3) is 0 Å². The van der Waals surface area contributed by atoms with Gasteiger partial charge in [-0.15, -0.1) is 0 Å². The van der Waals surface area contributed by atoms with Crippen LogP contribution in [0.5, 0.6) is 0 Å². The molecule has 74 valence electrons. The molecule has 0 aliphatic heterocycles. The van der Waals surface area contributed by atoms with E-state index in [-0.39, 0.29) is 0 Å². The van der Waals surface area contributed by atoms with E-state index in [4.69, 9.17) is 5.26 Å². The first kappa shape index (κ1) is 9.41. The molecule has 0 aromatic carbocycles. The fourth-order valence-corrected chi connectivity index (χ4v) is 1.47. The van der Waals surface area contributed by atoms with Crippen molar-refractivity contribution in [3.8, 4) is 17.3 Å². The van der Waals surface area contributed by atoms with Crippen molar-refractivity contribution in [3.05, 3.63) is 36.0 Å². The maximum Gasteiger partial charge on any atom is 0.101 e. The van der Waals surface area contributed by atoms with Gasteiger partial charge in [-0.05, 0) is 13.0 Å². The summed E-state index contributed by atoms with van der Waals surface area (Å²) in [5.41, 5.74) is 3.39. The number of nitriles is 1. The smallest absolute Gasteiger partial charge is 0.101 e. The van der Waals surface area contributed by atoms with Crippen molar-refractivity contribution in [3.63, 3.8) is 0 Å². The molecule has 2 aromatic heterocycles. The Morgan fingerprint density at radius 3 is 2.80 bits per heavy atom.